The summed E-state index contributed by atoms with van der Waals surface area (Å²) in [5.74, 6) is 0. The summed E-state index contributed by atoms with van der Waals surface area (Å²) < 4.78 is 24.2. The van der Waals surface area contributed by atoms with Gasteiger partial charge in [0, 0.05) is 0 Å². The molecule has 0 bridgehead atoms. The van der Waals surface area contributed by atoms with Gasteiger partial charge in [0.25, 0.3) is 0 Å². The van der Waals surface area contributed by atoms with Crippen molar-refractivity contribution in [2.75, 3.05) is 0 Å². The third kappa shape index (κ3) is 2.06. The zero-order valence-corrected chi connectivity index (χ0v) is 10.1. The number of thiophene rings is 1. The minimum absolute atomic E-state index is 0.0569. The molecule has 0 spiro atoms. The molecular weight excluding hydrogens is 262 g/mol. The van der Waals surface area contributed by atoms with Gasteiger partial charge in [-0.05, 0) is 23.6 Å². The highest BCUT2D eigenvalue weighted by molar-refractivity contribution is 7.91. The summed E-state index contributed by atoms with van der Waals surface area (Å²) in [5.41, 5.74) is 0. The number of sulfone groups is 1. The van der Waals surface area contributed by atoms with E-state index >= 15 is 0 Å². The molecule has 2 aromatic rings. The average molecular weight is 269 g/mol. The Balaban J connectivity index is 2.61. The second-order valence-corrected chi connectivity index (χ2v) is 5.98. The van der Waals surface area contributed by atoms with Crippen LogP contribution in [0.2, 0.25) is 0 Å². The first kappa shape index (κ1) is 11.7. The lowest BCUT2D eigenvalue weighted by Crippen LogP contribution is -2.02. The molecule has 1 heterocycles. The van der Waals surface area contributed by atoms with Crippen molar-refractivity contribution in [3.8, 4) is 0 Å². The topological polar surface area (TPSA) is 77.3 Å². The lowest BCUT2D eigenvalue weighted by atomic mass is 10.4. The monoisotopic (exact) mass is 269 g/mol. The molecule has 0 aliphatic rings. The third-order valence-electron chi connectivity index (χ3n) is 2.12. The smallest absolute Gasteiger partial charge is 0.258 e. The molecule has 17 heavy (non-hydrogen) atoms. The van der Waals surface area contributed by atoms with E-state index in [9.17, 15) is 18.5 Å². The quantitative estimate of drug-likeness (QED) is 0.633. The molecule has 7 heteroatoms. The van der Waals surface area contributed by atoms with E-state index in [0.717, 1.165) is 11.3 Å². The van der Waals surface area contributed by atoms with Crippen LogP contribution in [0.1, 0.15) is 0 Å². The molecular formula is C10H7NO4S2. The van der Waals surface area contributed by atoms with Crippen LogP contribution in [0.4, 0.5) is 5.00 Å². The number of benzene rings is 1. The van der Waals surface area contributed by atoms with E-state index in [-0.39, 0.29) is 14.8 Å². The number of rotatable bonds is 3. The fourth-order valence-electron chi connectivity index (χ4n) is 1.35. The molecule has 1 aromatic carbocycles. The molecule has 0 aliphatic carbocycles. The number of hydrogen-bond donors (Lipinski definition) is 0. The number of hydrogen-bond acceptors (Lipinski definition) is 5. The average Bonchev–Trinajstić information content (AvgIpc) is 2.80. The lowest BCUT2D eigenvalue weighted by molar-refractivity contribution is -0.383. The van der Waals surface area contributed by atoms with E-state index in [4.69, 9.17) is 0 Å². The number of nitrogens with zero attached hydrogens (tertiary/aromatic N) is 1. The predicted octanol–water partition coefficient (Wildman–Crippen LogP) is 2.49. The van der Waals surface area contributed by atoms with E-state index in [0.29, 0.717) is 0 Å². The Kier molecular flexibility index (Phi) is 2.95. The normalized spacial score (nSPS) is 11.3. The maximum atomic E-state index is 12.1. The Labute approximate surface area is 101 Å². The molecule has 0 aliphatic heterocycles. The lowest BCUT2D eigenvalue weighted by Gasteiger charge is -2.01. The second kappa shape index (κ2) is 4.27. The van der Waals surface area contributed by atoms with E-state index in [1.807, 2.05) is 0 Å². The molecule has 2 rings (SSSR count). The zero-order valence-electron chi connectivity index (χ0n) is 8.44. The van der Waals surface area contributed by atoms with Gasteiger partial charge >= 0.3 is 5.00 Å². The highest BCUT2D eigenvalue weighted by atomic mass is 32.2. The molecule has 5 nitrogen and oxygen atoms in total. The van der Waals surface area contributed by atoms with Crippen molar-refractivity contribution in [1.29, 1.82) is 0 Å². The van der Waals surface area contributed by atoms with E-state index in [1.165, 1.54) is 23.6 Å². The SMILES string of the molecule is O=[N+]([O-])c1sccc1S(=O)(=O)c1ccccc1. The summed E-state index contributed by atoms with van der Waals surface area (Å²) in [7, 11) is -3.80. The first-order valence-corrected chi connectivity index (χ1v) is 6.92. The van der Waals surface area contributed by atoms with Gasteiger partial charge in [0.05, 0.1) is 9.82 Å². The molecule has 88 valence electrons. The van der Waals surface area contributed by atoms with E-state index < -0.39 is 14.8 Å². The molecule has 0 unspecified atom stereocenters. The van der Waals surface area contributed by atoms with Crippen molar-refractivity contribution in [3.05, 3.63) is 51.9 Å². The van der Waals surface area contributed by atoms with Crippen LogP contribution in [0.25, 0.3) is 0 Å². The Bertz CT molecular complexity index is 646. The predicted molar refractivity (Wildman–Crippen MR) is 62.9 cm³/mol. The van der Waals surface area contributed by atoms with Crippen molar-refractivity contribution >= 4 is 26.2 Å². The van der Waals surface area contributed by atoms with Gasteiger partial charge in [0.2, 0.25) is 9.84 Å². The maximum absolute atomic E-state index is 12.1. The van der Waals surface area contributed by atoms with Crippen LogP contribution in [0.15, 0.2) is 51.6 Å². The highest BCUT2D eigenvalue weighted by Gasteiger charge is 2.28. The van der Waals surface area contributed by atoms with Crippen LogP contribution in [0.3, 0.4) is 0 Å². The van der Waals surface area contributed by atoms with Gasteiger partial charge in [-0.3, -0.25) is 10.1 Å². The summed E-state index contributed by atoms with van der Waals surface area (Å²) in [6.07, 6.45) is 0. The van der Waals surface area contributed by atoms with Crippen molar-refractivity contribution in [1.82, 2.24) is 0 Å². The Hall–Kier alpha value is -1.73. The minimum Gasteiger partial charge on any atom is -0.258 e. The molecule has 1 aromatic heterocycles. The summed E-state index contributed by atoms with van der Waals surface area (Å²) in [4.78, 5) is 9.84. The van der Waals surface area contributed by atoms with E-state index in [2.05, 4.69) is 0 Å². The fraction of sp³-hybridized carbons (Fsp3) is 0. The largest absolute Gasteiger partial charge is 0.343 e. The third-order valence-corrected chi connectivity index (χ3v) is 4.91. The van der Waals surface area contributed by atoms with Crippen molar-refractivity contribution < 1.29 is 13.3 Å². The van der Waals surface area contributed by atoms with Gasteiger partial charge in [-0.25, -0.2) is 8.42 Å². The van der Waals surface area contributed by atoms with Gasteiger partial charge in [-0.15, -0.1) is 0 Å². The minimum atomic E-state index is -3.80. The summed E-state index contributed by atoms with van der Waals surface area (Å²) in [6.45, 7) is 0. The fourth-order valence-corrected chi connectivity index (χ4v) is 3.84. The Morgan fingerprint density at radius 2 is 1.76 bits per heavy atom. The molecule has 0 amide bonds. The van der Waals surface area contributed by atoms with Gasteiger partial charge in [-0.1, -0.05) is 29.5 Å². The van der Waals surface area contributed by atoms with Crippen molar-refractivity contribution in [2.24, 2.45) is 0 Å². The van der Waals surface area contributed by atoms with Crippen LogP contribution in [0, 0.1) is 10.1 Å². The van der Waals surface area contributed by atoms with Crippen LogP contribution in [0.5, 0.6) is 0 Å². The highest BCUT2D eigenvalue weighted by Crippen LogP contribution is 2.33. The van der Waals surface area contributed by atoms with Crippen LogP contribution in [-0.4, -0.2) is 13.3 Å². The number of nitro groups is 1. The second-order valence-electron chi connectivity index (χ2n) is 3.16. The molecule has 0 saturated heterocycles. The molecule has 0 radical (unpaired) electrons. The van der Waals surface area contributed by atoms with Gasteiger partial charge in [0.1, 0.15) is 0 Å². The molecule has 0 N–H and O–H groups in total. The summed E-state index contributed by atoms with van der Waals surface area (Å²) in [6, 6.07) is 8.91. The van der Waals surface area contributed by atoms with Gasteiger partial charge in [0.15, 0.2) is 4.90 Å². The van der Waals surface area contributed by atoms with Gasteiger partial charge < -0.3 is 0 Å². The Morgan fingerprint density at radius 3 is 2.35 bits per heavy atom. The molecule has 0 fully saturated rings. The summed E-state index contributed by atoms with van der Waals surface area (Å²) in [5, 5.41) is 11.8. The molecule has 0 saturated carbocycles. The maximum Gasteiger partial charge on any atom is 0.343 e. The van der Waals surface area contributed by atoms with Crippen molar-refractivity contribution in [3.63, 3.8) is 0 Å². The molecule has 0 atom stereocenters. The summed E-state index contributed by atoms with van der Waals surface area (Å²) >= 11 is 0.801. The van der Waals surface area contributed by atoms with Crippen LogP contribution < -0.4 is 0 Å². The Morgan fingerprint density at radius 1 is 1.12 bits per heavy atom. The van der Waals surface area contributed by atoms with Crippen LogP contribution in [-0.2, 0) is 9.84 Å². The standard InChI is InChI=1S/C10H7NO4S2/c12-11(13)10-9(6-7-16-10)17(14,15)8-4-2-1-3-5-8/h1-7H. The zero-order chi connectivity index (χ0) is 12.5. The van der Waals surface area contributed by atoms with E-state index in [1.54, 1.807) is 18.2 Å². The first-order valence-electron chi connectivity index (χ1n) is 4.55. The van der Waals surface area contributed by atoms with Crippen molar-refractivity contribution in [2.45, 2.75) is 9.79 Å². The first-order chi connectivity index (χ1) is 8.03. The van der Waals surface area contributed by atoms with Gasteiger partial charge in [-0.2, -0.15) is 0 Å². The van der Waals surface area contributed by atoms with Crippen LogP contribution >= 0.6 is 11.3 Å².